The normalized spacial score (nSPS) is 12.6. The van der Waals surface area contributed by atoms with E-state index in [4.69, 9.17) is 4.74 Å². The minimum atomic E-state index is -2.85. The Bertz CT molecular complexity index is 1300. The van der Waals surface area contributed by atoms with Crippen molar-refractivity contribution in [2.75, 3.05) is 0 Å². The van der Waals surface area contributed by atoms with Crippen molar-refractivity contribution in [3.63, 3.8) is 0 Å². The number of aryl methyl sites for hydroxylation is 1. The molecule has 4 aromatic rings. The summed E-state index contributed by atoms with van der Waals surface area (Å²) in [5.74, 6) is -0.916. The minimum Gasteiger partial charge on any atom is -0.450 e. The van der Waals surface area contributed by atoms with Gasteiger partial charge in [-0.05, 0) is 25.1 Å². The maximum atomic E-state index is 13.6. The lowest BCUT2D eigenvalue weighted by Crippen LogP contribution is -2.24. The number of alkyl halides is 2. The van der Waals surface area contributed by atoms with Crippen LogP contribution in [0.25, 0.3) is 21.8 Å². The summed E-state index contributed by atoms with van der Waals surface area (Å²) >= 11 is 0. The van der Waals surface area contributed by atoms with Gasteiger partial charge in [-0.3, -0.25) is 9.36 Å². The van der Waals surface area contributed by atoms with Crippen LogP contribution in [-0.2, 0) is 11.8 Å². The van der Waals surface area contributed by atoms with E-state index >= 15 is 0 Å². The maximum Gasteiger partial charge on any atom is 0.360 e. The zero-order valence-corrected chi connectivity index (χ0v) is 15.5. The fourth-order valence-electron chi connectivity index (χ4n) is 3.27. The highest BCUT2D eigenvalue weighted by Crippen LogP contribution is 2.29. The second-order valence-electron chi connectivity index (χ2n) is 6.48. The number of halogens is 2. The zero-order chi connectivity index (χ0) is 20.7. The minimum absolute atomic E-state index is 0.0748. The number of esters is 1. The van der Waals surface area contributed by atoms with Crippen LogP contribution in [-0.4, -0.2) is 25.3 Å². The molecule has 2 aromatic carbocycles. The van der Waals surface area contributed by atoms with Gasteiger partial charge in [0.15, 0.2) is 17.6 Å². The first-order valence-corrected chi connectivity index (χ1v) is 8.80. The fraction of sp³-hybridized carbons (Fsp3) is 0.200. The summed E-state index contributed by atoms with van der Waals surface area (Å²) < 4.78 is 34.5. The topological polar surface area (TPSA) is 79.0 Å². The van der Waals surface area contributed by atoms with Gasteiger partial charge in [-0.1, -0.05) is 30.3 Å². The monoisotopic (exact) mass is 398 g/mol. The molecular weight excluding hydrogens is 382 g/mol. The highest BCUT2D eigenvalue weighted by molar-refractivity contribution is 6.02. The summed E-state index contributed by atoms with van der Waals surface area (Å²) in [6.45, 7) is -1.39. The first-order chi connectivity index (χ1) is 13.9. The van der Waals surface area contributed by atoms with Gasteiger partial charge in [0.2, 0.25) is 0 Å². The van der Waals surface area contributed by atoms with Crippen molar-refractivity contribution in [3.8, 4) is 0 Å². The average Bonchev–Trinajstić information content (AvgIpc) is 3.10. The largest absolute Gasteiger partial charge is 0.450 e. The molecule has 2 aromatic heterocycles. The average molecular weight is 398 g/mol. The number of imidazole rings is 1. The lowest BCUT2D eigenvalue weighted by molar-refractivity contribution is 0.0227. The molecule has 29 heavy (non-hydrogen) atoms. The van der Waals surface area contributed by atoms with Crippen molar-refractivity contribution in [2.45, 2.75) is 19.6 Å². The van der Waals surface area contributed by atoms with Crippen LogP contribution in [0.1, 0.15) is 35.9 Å². The molecule has 0 saturated carbocycles. The van der Waals surface area contributed by atoms with Crippen molar-refractivity contribution in [1.29, 1.82) is 0 Å². The Labute approximate surface area is 163 Å². The quantitative estimate of drug-likeness (QED) is 0.491. The summed E-state index contributed by atoms with van der Waals surface area (Å²) in [4.78, 5) is 29.2. The Kier molecular flexibility index (Phi) is 4.57. The van der Waals surface area contributed by atoms with E-state index in [9.17, 15) is 18.4 Å². The van der Waals surface area contributed by atoms with Crippen LogP contribution in [0.3, 0.4) is 0 Å². The highest BCUT2D eigenvalue weighted by atomic mass is 19.3. The molecule has 0 aliphatic carbocycles. The van der Waals surface area contributed by atoms with Gasteiger partial charge in [-0.15, -0.1) is 0 Å². The third-order valence-electron chi connectivity index (χ3n) is 4.62. The molecule has 0 fully saturated rings. The number of hydrogen-bond acceptors (Lipinski definition) is 5. The standard InChI is InChI=1S/C20H16F2N4O3/c1-11(17-23-14-9-5-6-10-15(14)26(17)20(21)22)29-19(28)16-12-7-3-4-8-13(12)18(27)25(2)24-16/h3-11,20H,1-2H3/t11-/m0/s1. The Balaban J connectivity index is 1.74. The molecule has 0 aliphatic heterocycles. The van der Waals surface area contributed by atoms with Gasteiger partial charge < -0.3 is 4.74 Å². The van der Waals surface area contributed by atoms with E-state index in [1.54, 1.807) is 42.5 Å². The van der Waals surface area contributed by atoms with Crippen LogP contribution < -0.4 is 5.56 Å². The predicted octanol–water partition coefficient (Wildman–Crippen LogP) is 3.60. The molecule has 2 heterocycles. The molecule has 0 radical (unpaired) electrons. The number of carbonyl (C=O) groups excluding carboxylic acids is 1. The highest BCUT2D eigenvalue weighted by Gasteiger charge is 2.26. The van der Waals surface area contributed by atoms with E-state index in [2.05, 4.69) is 10.1 Å². The number of rotatable bonds is 4. The molecule has 0 amide bonds. The van der Waals surface area contributed by atoms with Gasteiger partial charge in [0.25, 0.3) is 5.56 Å². The van der Waals surface area contributed by atoms with E-state index in [0.717, 1.165) is 9.25 Å². The Morgan fingerprint density at radius 1 is 1.07 bits per heavy atom. The number of benzene rings is 2. The number of ether oxygens (including phenoxy) is 1. The van der Waals surface area contributed by atoms with Gasteiger partial charge in [0.1, 0.15) is 0 Å². The molecule has 148 valence electrons. The molecule has 0 bridgehead atoms. The third-order valence-corrected chi connectivity index (χ3v) is 4.62. The molecule has 1 atom stereocenters. The fourth-order valence-corrected chi connectivity index (χ4v) is 3.27. The SMILES string of the molecule is C[C@H](OC(=O)c1nn(C)c(=O)c2ccccc12)c1nc2ccccc2n1C(F)F. The second kappa shape index (κ2) is 7.08. The van der Waals surface area contributed by atoms with E-state index in [1.165, 1.54) is 20.0 Å². The van der Waals surface area contributed by atoms with Crippen LogP contribution in [0.5, 0.6) is 0 Å². The molecule has 0 saturated heterocycles. The van der Waals surface area contributed by atoms with Gasteiger partial charge in [0.05, 0.1) is 16.4 Å². The van der Waals surface area contributed by atoms with Crippen LogP contribution in [0, 0.1) is 0 Å². The second-order valence-corrected chi connectivity index (χ2v) is 6.48. The molecule has 9 heteroatoms. The van der Waals surface area contributed by atoms with Crippen molar-refractivity contribution in [2.24, 2.45) is 7.05 Å². The van der Waals surface area contributed by atoms with Crippen molar-refractivity contribution >= 4 is 27.8 Å². The first kappa shape index (κ1) is 18.7. The van der Waals surface area contributed by atoms with Crippen LogP contribution in [0.15, 0.2) is 53.3 Å². The van der Waals surface area contributed by atoms with E-state index < -0.39 is 18.6 Å². The Morgan fingerprint density at radius 3 is 2.45 bits per heavy atom. The summed E-state index contributed by atoms with van der Waals surface area (Å²) in [7, 11) is 1.42. The Hall–Kier alpha value is -3.62. The first-order valence-electron chi connectivity index (χ1n) is 8.80. The van der Waals surface area contributed by atoms with Crippen molar-refractivity contribution in [3.05, 3.63) is 70.4 Å². The molecule has 7 nitrogen and oxygen atoms in total. The summed E-state index contributed by atoms with van der Waals surface area (Å²) in [6.07, 6.45) is -1.07. The van der Waals surface area contributed by atoms with Crippen LogP contribution in [0.4, 0.5) is 8.78 Å². The third kappa shape index (κ3) is 3.14. The summed E-state index contributed by atoms with van der Waals surface area (Å²) in [5.41, 5.74) is 0.182. The van der Waals surface area contributed by atoms with Crippen molar-refractivity contribution < 1.29 is 18.3 Å². The lowest BCUT2D eigenvalue weighted by Gasteiger charge is -2.15. The summed E-state index contributed by atoms with van der Waals surface area (Å²) in [6, 6.07) is 12.9. The maximum absolute atomic E-state index is 13.6. The molecule has 0 aliphatic rings. The molecular formula is C20H16F2N4O3. The van der Waals surface area contributed by atoms with Crippen LogP contribution >= 0.6 is 0 Å². The smallest absolute Gasteiger partial charge is 0.360 e. The number of hydrogen-bond donors (Lipinski definition) is 0. The molecule has 0 spiro atoms. The Morgan fingerprint density at radius 2 is 1.72 bits per heavy atom. The van der Waals surface area contributed by atoms with Gasteiger partial charge >= 0.3 is 12.5 Å². The van der Waals surface area contributed by atoms with E-state index in [0.29, 0.717) is 16.3 Å². The van der Waals surface area contributed by atoms with E-state index in [-0.39, 0.29) is 22.6 Å². The van der Waals surface area contributed by atoms with Crippen LogP contribution in [0.2, 0.25) is 0 Å². The predicted molar refractivity (Wildman–Crippen MR) is 102 cm³/mol. The number of para-hydroxylation sites is 2. The lowest BCUT2D eigenvalue weighted by atomic mass is 10.1. The van der Waals surface area contributed by atoms with Gasteiger partial charge in [0, 0.05) is 12.4 Å². The number of aromatic nitrogens is 4. The number of carbonyl (C=O) groups is 1. The van der Waals surface area contributed by atoms with Gasteiger partial charge in [-0.25, -0.2) is 14.5 Å². The number of nitrogens with zero attached hydrogens (tertiary/aromatic N) is 4. The molecule has 4 rings (SSSR count). The van der Waals surface area contributed by atoms with Crippen molar-refractivity contribution in [1.82, 2.24) is 19.3 Å². The zero-order valence-electron chi connectivity index (χ0n) is 15.5. The summed E-state index contributed by atoms with van der Waals surface area (Å²) in [5, 5.41) is 4.64. The molecule has 0 N–H and O–H groups in total. The molecule has 0 unspecified atom stereocenters. The van der Waals surface area contributed by atoms with Gasteiger partial charge in [-0.2, -0.15) is 13.9 Å². The van der Waals surface area contributed by atoms with E-state index in [1.807, 2.05) is 0 Å². The number of fused-ring (bicyclic) bond motifs is 2.